The third-order valence-corrected chi connectivity index (χ3v) is 1.84. The molecule has 0 saturated carbocycles. The number of carbonyl (C=O) groups excluding carboxylic acids is 1. The summed E-state index contributed by atoms with van der Waals surface area (Å²) in [4.78, 5) is 10.9. The molecule has 0 aliphatic carbocycles. The van der Waals surface area contributed by atoms with E-state index in [1.165, 1.54) is 6.92 Å². The second kappa shape index (κ2) is 3.52. The first kappa shape index (κ1) is 8.97. The van der Waals surface area contributed by atoms with Crippen molar-refractivity contribution in [3.05, 3.63) is 17.5 Å². The van der Waals surface area contributed by atoms with Gasteiger partial charge in [-0.15, -0.1) is 0 Å². The Kier molecular flexibility index (Phi) is 2.63. The van der Waals surface area contributed by atoms with Gasteiger partial charge < -0.3 is 0 Å². The highest BCUT2D eigenvalue weighted by molar-refractivity contribution is 5.92. The van der Waals surface area contributed by atoms with Crippen molar-refractivity contribution in [2.24, 2.45) is 7.05 Å². The maximum absolute atomic E-state index is 10.9. The molecule has 1 heterocycles. The maximum Gasteiger partial charge on any atom is 0.179 e. The van der Waals surface area contributed by atoms with Gasteiger partial charge in [-0.3, -0.25) is 9.48 Å². The van der Waals surface area contributed by atoms with Gasteiger partial charge in [0.1, 0.15) is 5.69 Å². The topological polar surface area (TPSA) is 34.9 Å². The van der Waals surface area contributed by atoms with Gasteiger partial charge >= 0.3 is 0 Å². The molecule has 0 fully saturated rings. The summed E-state index contributed by atoms with van der Waals surface area (Å²) in [5, 5.41) is 4.10. The molecule has 0 atom stereocenters. The van der Waals surface area contributed by atoms with E-state index < -0.39 is 0 Å². The Balaban J connectivity index is 2.92. The van der Waals surface area contributed by atoms with Crippen molar-refractivity contribution in [1.82, 2.24) is 9.78 Å². The van der Waals surface area contributed by atoms with Crippen LogP contribution in [0.15, 0.2) is 6.07 Å². The molecule has 1 rings (SSSR count). The lowest BCUT2D eigenvalue weighted by atomic mass is 10.2. The van der Waals surface area contributed by atoms with Crippen LogP contribution in [-0.2, 0) is 13.5 Å². The molecule has 0 bridgehead atoms. The molecule has 0 aliphatic rings. The quantitative estimate of drug-likeness (QED) is 0.639. The van der Waals surface area contributed by atoms with Crippen molar-refractivity contribution in [3.63, 3.8) is 0 Å². The van der Waals surface area contributed by atoms with E-state index in [0.29, 0.717) is 5.69 Å². The zero-order valence-electron chi connectivity index (χ0n) is 7.79. The van der Waals surface area contributed by atoms with E-state index in [9.17, 15) is 4.79 Å². The van der Waals surface area contributed by atoms with Gasteiger partial charge in [0.05, 0.1) is 0 Å². The number of hydrogen-bond donors (Lipinski definition) is 0. The Morgan fingerprint density at radius 2 is 2.33 bits per heavy atom. The number of Topliss-reactive ketones (excluding diaryl/α,β-unsaturated/α-hetero) is 1. The number of rotatable bonds is 3. The minimum Gasteiger partial charge on any atom is -0.293 e. The summed E-state index contributed by atoms with van der Waals surface area (Å²) in [6, 6.07) is 1.87. The van der Waals surface area contributed by atoms with E-state index in [1.54, 1.807) is 4.68 Å². The minimum atomic E-state index is 0.0351. The fraction of sp³-hybridized carbons (Fsp3) is 0.556. The van der Waals surface area contributed by atoms with Crippen LogP contribution in [0.3, 0.4) is 0 Å². The summed E-state index contributed by atoms with van der Waals surface area (Å²) in [5.74, 6) is 0.0351. The van der Waals surface area contributed by atoms with Crippen LogP contribution in [0.2, 0.25) is 0 Å². The molecule has 0 unspecified atom stereocenters. The van der Waals surface area contributed by atoms with Crippen molar-refractivity contribution in [3.8, 4) is 0 Å². The van der Waals surface area contributed by atoms with Gasteiger partial charge in [-0.25, -0.2) is 0 Å². The number of hydrogen-bond acceptors (Lipinski definition) is 2. The standard InChI is InChI=1S/C9H14N2O/c1-4-5-8-6-9(7(2)12)10-11(8)3/h6H,4-5H2,1-3H3. The largest absolute Gasteiger partial charge is 0.293 e. The summed E-state index contributed by atoms with van der Waals surface area (Å²) >= 11 is 0. The maximum atomic E-state index is 10.9. The van der Waals surface area contributed by atoms with Crippen molar-refractivity contribution in [2.75, 3.05) is 0 Å². The summed E-state index contributed by atoms with van der Waals surface area (Å²) in [6.45, 7) is 3.65. The number of nitrogens with zero attached hydrogens (tertiary/aromatic N) is 2. The minimum absolute atomic E-state index is 0.0351. The molecule has 3 heteroatoms. The van der Waals surface area contributed by atoms with Crippen LogP contribution in [0.4, 0.5) is 0 Å². The fourth-order valence-corrected chi connectivity index (χ4v) is 1.17. The zero-order chi connectivity index (χ0) is 9.14. The second-order valence-electron chi connectivity index (χ2n) is 2.95. The van der Waals surface area contributed by atoms with Crippen LogP contribution < -0.4 is 0 Å². The lowest BCUT2D eigenvalue weighted by molar-refractivity contribution is 0.101. The van der Waals surface area contributed by atoms with E-state index >= 15 is 0 Å². The monoisotopic (exact) mass is 166 g/mol. The Bertz CT molecular complexity index is 289. The van der Waals surface area contributed by atoms with Crippen molar-refractivity contribution < 1.29 is 4.79 Å². The molecule has 12 heavy (non-hydrogen) atoms. The van der Waals surface area contributed by atoms with E-state index in [-0.39, 0.29) is 5.78 Å². The molecule has 1 aromatic rings. The fourth-order valence-electron chi connectivity index (χ4n) is 1.17. The Labute approximate surface area is 72.4 Å². The van der Waals surface area contributed by atoms with Crippen molar-refractivity contribution in [2.45, 2.75) is 26.7 Å². The van der Waals surface area contributed by atoms with Gasteiger partial charge in [0, 0.05) is 19.7 Å². The lowest BCUT2D eigenvalue weighted by Crippen LogP contribution is -1.98. The molecule has 0 aromatic carbocycles. The van der Waals surface area contributed by atoms with Crippen LogP contribution in [0, 0.1) is 0 Å². The number of ketones is 1. The van der Waals surface area contributed by atoms with Crippen LogP contribution in [0.5, 0.6) is 0 Å². The van der Waals surface area contributed by atoms with E-state index in [0.717, 1.165) is 18.5 Å². The molecule has 0 aliphatic heterocycles. The first-order valence-electron chi connectivity index (χ1n) is 4.19. The first-order chi connectivity index (χ1) is 5.65. The van der Waals surface area contributed by atoms with Gasteiger partial charge in [0.15, 0.2) is 5.78 Å². The molecule has 66 valence electrons. The SMILES string of the molecule is CCCc1cc(C(C)=O)nn1C. The number of aryl methyl sites for hydroxylation is 2. The highest BCUT2D eigenvalue weighted by Gasteiger charge is 2.06. The zero-order valence-corrected chi connectivity index (χ0v) is 7.79. The molecule has 3 nitrogen and oxygen atoms in total. The smallest absolute Gasteiger partial charge is 0.179 e. The molecule has 0 N–H and O–H groups in total. The molecule has 0 saturated heterocycles. The molecule has 0 amide bonds. The normalized spacial score (nSPS) is 10.2. The summed E-state index contributed by atoms with van der Waals surface area (Å²) in [5.41, 5.74) is 1.70. The summed E-state index contributed by atoms with van der Waals surface area (Å²) in [6.07, 6.45) is 2.06. The van der Waals surface area contributed by atoms with Crippen LogP contribution in [-0.4, -0.2) is 15.6 Å². The van der Waals surface area contributed by atoms with Gasteiger partial charge in [0.2, 0.25) is 0 Å². The van der Waals surface area contributed by atoms with Crippen LogP contribution in [0.25, 0.3) is 0 Å². The molecular weight excluding hydrogens is 152 g/mol. The molecular formula is C9H14N2O. The summed E-state index contributed by atoms with van der Waals surface area (Å²) < 4.78 is 1.78. The van der Waals surface area contributed by atoms with Gasteiger partial charge in [-0.05, 0) is 12.5 Å². The predicted octanol–water partition coefficient (Wildman–Crippen LogP) is 1.58. The first-order valence-corrected chi connectivity index (χ1v) is 4.19. The summed E-state index contributed by atoms with van der Waals surface area (Å²) in [7, 11) is 1.87. The highest BCUT2D eigenvalue weighted by atomic mass is 16.1. The van der Waals surface area contributed by atoms with Gasteiger partial charge in [0.25, 0.3) is 0 Å². The average molecular weight is 166 g/mol. The van der Waals surface area contributed by atoms with E-state index in [4.69, 9.17) is 0 Å². The van der Waals surface area contributed by atoms with E-state index in [1.807, 2.05) is 13.1 Å². The highest BCUT2D eigenvalue weighted by Crippen LogP contribution is 2.05. The number of aromatic nitrogens is 2. The van der Waals surface area contributed by atoms with Crippen LogP contribution in [0.1, 0.15) is 36.5 Å². The van der Waals surface area contributed by atoms with Crippen LogP contribution >= 0.6 is 0 Å². The number of carbonyl (C=O) groups is 1. The third kappa shape index (κ3) is 1.72. The van der Waals surface area contributed by atoms with Crippen molar-refractivity contribution in [1.29, 1.82) is 0 Å². The predicted molar refractivity (Wildman–Crippen MR) is 47.2 cm³/mol. The van der Waals surface area contributed by atoms with Gasteiger partial charge in [-0.2, -0.15) is 5.10 Å². The Morgan fingerprint density at radius 1 is 1.67 bits per heavy atom. The Morgan fingerprint density at radius 3 is 2.75 bits per heavy atom. The Hall–Kier alpha value is -1.12. The van der Waals surface area contributed by atoms with E-state index in [2.05, 4.69) is 12.0 Å². The third-order valence-electron chi connectivity index (χ3n) is 1.84. The second-order valence-corrected chi connectivity index (χ2v) is 2.95. The molecule has 0 radical (unpaired) electrons. The van der Waals surface area contributed by atoms with Gasteiger partial charge in [-0.1, -0.05) is 13.3 Å². The average Bonchev–Trinajstić information content (AvgIpc) is 2.34. The lowest BCUT2D eigenvalue weighted by Gasteiger charge is -1.95. The molecule has 0 spiro atoms. The van der Waals surface area contributed by atoms with Crippen molar-refractivity contribution >= 4 is 5.78 Å². The molecule has 1 aromatic heterocycles.